The van der Waals surface area contributed by atoms with Gasteiger partial charge in [0.2, 0.25) is 0 Å². The topological polar surface area (TPSA) is 61.4 Å². The third-order valence-corrected chi connectivity index (χ3v) is 5.82. The largest absolute Gasteiger partial charge is 0.416 e. The van der Waals surface area contributed by atoms with E-state index in [4.69, 9.17) is 0 Å². The van der Waals surface area contributed by atoms with Crippen LogP contribution in [-0.2, 0) is 19.1 Å². The summed E-state index contributed by atoms with van der Waals surface area (Å²) in [5.41, 5.74) is 2.06. The first-order chi connectivity index (χ1) is 14.8. The Labute approximate surface area is 180 Å². The molecule has 1 aliphatic heterocycles. The Balaban J connectivity index is 1.40. The molecule has 0 radical (unpaired) electrons. The van der Waals surface area contributed by atoms with Crippen molar-refractivity contribution in [3.05, 3.63) is 81.5 Å². The van der Waals surface area contributed by atoms with Gasteiger partial charge in [-0.3, -0.25) is 4.79 Å². The van der Waals surface area contributed by atoms with E-state index in [-0.39, 0.29) is 11.6 Å². The smallest absolute Gasteiger partial charge is 0.333 e. The summed E-state index contributed by atoms with van der Waals surface area (Å²) >= 11 is 1.40. The van der Waals surface area contributed by atoms with Crippen LogP contribution in [0, 0.1) is 0 Å². The van der Waals surface area contributed by atoms with Crippen LogP contribution in [0.25, 0.3) is 0 Å². The molecule has 1 aliphatic rings. The summed E-state index contributed by atoms with van der Waals surface area (Å²) < 4.78 is 37.9. The van der Waals surface area contributed by atoms with Gasteiger partial charge in [0.15, 0.2) is 0 Å². The molecule has 0 bridgehead atoms. The Hall–Kier alpha value is -3.33. The molecule has 0 atom stereocenters. The van der Waals surface area contributed by atoms with E-state index in [9.17, 15) is 22.8 Å². The van der Waals surface area contributed by atoms with Gasteiger partial charge in [-0.25, -0.2) is 4.79 Å². The molecule has 0 unspecified atom stereocenters. The molecule has 9 heteroatoms. The highest BCUT2D eigenvalue weighted by molar-refractivity contribution is 7.12. The number of fused-ring (bicyclic) bond motifs is 1. The fourth-order valence-corrected chi connectivity index (χ4v) is 4.09. The molecule has 3 amide bonds. The average molecular weight is 445 g/mol. The van der Waals surface area contributed by atoms with E-state index in [1.54, 1.807) is 17.0 Å². The monoisotopic (exact) mass is 445 g/mol. The number of thiophene rings is 1. The second-order valence-corrected chi connectivity index (χ2v) is 8.04. The third kappa shape index (κ3) is 4.88. The molecule has 31 heavy (non-hydrogen) atoms. The van der Waals surface area contributed by atoms with Crippen LogP contribution in [-0.4, -0.2) is 23.4 Å². The lowest BCUT2D eigenvalue weighted by molar-refractivity contribution is -0.137. The van der Waals surface area contributed by atoms with Crippen LogP contribution in [0.4, 0.5) is 29.3 Å². The van der Waals surface area contributed by atoms with E-state index >= 15 is 0 Å². The molecule has 5 nitrogen and oxygen atoms in total. The zero-order chi connectivity index (χ0) is 22.0. The summed E-state index contributed by atoms with van der Waals surface area (Å²) in [4.78, 5) is 27.3. The predicted octanol–water partition coefficient (Wildman–Crippen LogP) is 5.61. The molecule has 0 saturated carbocycles. The SMILES string of the molecule is O=C(Nc1ccc(C(F)(F)F)cc1)Nc1ccc2c(c1)CN(C(=O)c1cccs1)CC2. The molecular weight excluding hydrogens is 427 g/mol. The van der Waals surface area contributed by atoms with E-state index in [1.807, 2.05) is 23.6 Å². The van der Waals surface area contributed by atoms with Gasteiger partial charge in [-0.1, -0.05) is 12.1 Å². The molecule has 4 rings (SSSR count). The van der Waals surface area contributed by atoms with Crippen LogP contribution in [0.3, 0.4) is 0 Å². The molecule has 0 saturated heterocycles. The summed E-state index contributed by atoms with van der Waals surface area (Å²) in [6.45, 7) is 1.08. The molecule has 0 spiro atoms. The van der Waals surface area contributed by atoms with E-state index < -0.39 is 17.8 Å². The average Bonchev–Trinajstić information content (AvgIpc) is 3.27. The maximum atomic E-state index is 12.6. The highest BCUT2D eigenvalue weighted by Crippen LogP contribution is 2.30. The Morgan fingerprint density at radius 2 is 1.65 bits per heavy atom. The Morgan fingerprint density at radius 3 is 2.32 bits per heavy atom. The molecular formula is C22H18F3N3O2S. The van der Waals surface area contributed by atoms with E-state index in [0.717, 1.165) is 29.7 Å². The molecule has 2 N–H and O–H groups in total. The molecule has 2 aromatic carbocycles. The van der Waals surface area contributed by atoms with Gasteiger partial charge in [0.25, 0.3) is 5.91 Å². The number of anilines is 2. The normalized spacial score (nSPS) is 13.5. The van der Waals surface area contributed by atoms with Crippen molar-refractivity contribution < 1.29 is 22.8 Å². The Bertz CT molecular complexity index is 1100. The van der Waals surface area contributed by atoms with Crippen molar-refractivity contribution in [1.29, 1.82) is 0 Å². The number of hydrogen-bond acceptors (Lipinski definition) is 3. The number of nitrogens with one attached hydrogen (secondary N) is 2. The number of rotatable bonds is 3. The standard InChI is InChI=1S/C22H18F3N3O2S/c23-22(24,25)16-4-7-17(8-5-16)26-21(30)27-18-6-3-14-9-10-28(13-15(14)12-18)20(29)19-2-1-11-31-19/h1-8,11-12H,9-10,13H2,(H2,26,27,30). The van der Waals surface area contributed by atoms with Crippen LogP contribution in [0.15, 0.2) is 60.0 Å². The van der Waals surface area contributed by atoms with Crippen molar-refractivity contribution in [3.63, 3.8) is 0 Å². The van der Waals surface area contributed by atoms with Gasteiger partial charge >= 0.3 is 12.2 Å². The van der Waals surface area contributed by atoms with Gasteiger partial charge in [-0.2, -0.15) is 13.2 Å². The molecule has 1 aromatic heterocycles. The fourth-order valence-electron chi connectivity index (χ4n) is 3.40. The lowest BCUT2D eigenvalue weighted by Gasteiger charge is -2.29. The van der Waals surface area contributed by atoms with Crippen LogP contribution < -0.4 is 10.6 Å². The minimum atomic E-state index is -4.43. The van der Waals surface area contributed by atoms with Crippen molar-refractivity contribution in [2.45, 2.75) is 19.1 Å². The lowest BCUT2D eigenvalue weighted by atomic mass is 9.99. The van der Waals surface area contributed by atoms with Crippen molar-refractivity contribution in [3.8, 4) is 0 Å². The zero-order valence-electron chi connectivity index (χ0n) is 16.2. The predicted molar refractivity (Wildman–Crippen MR) is 113 cm³/mol. The van der Waals surface area contributed by atoms with Crippen molar-refractivity contribution >= 4 is 34.6 Å². The first-order valence-electron chi connectivity index (χ1n) is 9.49. The first-order valence-corrected chi connectivity index (χ1v) is 10.4. The number of carbonyl (C=O) groups excluding carboxylic acids is 2. The van der Waals surface area contributed by atoms with Crippen LogP contribution >= 0.6 is 11.3 Å². The molecule has 0 fully saturated rings. The Morgan fingerprint density at radius 1 is 0.935 bits per heavy atom. The van der Waals surface area contributed by atoms with Gasteiger partial charge in [0.05, 0.1) is 10.4 Å². The highest BCUT2D eigenvalue weighted by atomic mass is 32.1. The van der Waals surface area contributed by atoms with Crippen LogP contribution in [0.2, 0.25) is 0 Å². The number of amides is 3. The van der Waals surface area contributed by atoms with E-state index in [0.29, 0.717) is 23.7 Å². The second kappa shape index (κ2) is 8.43. The first kappa shape index (κ1) is 20.9. The van der Waals surface area contributed by atoms with Crippen molar-refractivity contribution in [1.82, 2.24) is 4.90 Å². The van der Waals surface area contributed by atoms with Gasteiger partial charge in [-0.05, 0) is 65.4 Å². The van der Waals surface area contributed by atoms with E-state index in [1.165, 1.54) is 23.5 Å². The number of benzene rings is 2. The van der Waals surface area contributed by atoms with Gasteiger partial charge in [0.1, 0.15) is 0 Å². The van der Waals surface area contributed by atoms with Crippen LogP contribution in [0.1, 0.15) is 26.4 Å². The van der Waals surface area contributed by atoms with Gasteiger partial charge < -0.3 is 15.5 Å². The van der Waals surface area contributed by atoms with Crippen molar-refractivity contribution in [2.24, 2.45) is 0 Å². The van der Waals surface area contributed by atoms with Gasteiger partial charge in [0, 0.05) is 24.5 Å². The summed E-state index contributed by atoms with van der Waals surface area (Å²) in [5, 5.41) is 7.06. The number of urea groups is 1. The second-order valence-electron chi connectivity index (χ2n) is 7.09. The van der Waals surface area contributed by atoms with Crippen molar-refractivity contribution in [2.75, 3.05) is 17.2 Å². The fraction of sp³-hybridized carbons (Fsp3) is 0.182. The maximum absolute atomic E-state index is 12.6. The summed E-state index contributed by atoms with van der Waals surface area (Å²) in [5.74, 6) is -0.0148. The quantitative estimate of drug-likeness (QED) is 0.551. The molecule has 0 aliphatic carbocycles. The molecule has 3 aromatic rings. The maximum Gasteiger partial charge on any atom is 0.416 e. The Kier molecular flexibility index (Phi) is 5.69. The zero-order valence-corrected chi connectivity index (χ0v) is 17.0. The highest BCUT2D eigenvalue weighted by Gasteiger charge is 2.30. The minimum Gasteiger partial charge on any atom is -0.333 e. The lowest BCUT2D eigenvalue weighted by Crippen LogP contribution is -2.35. The molecule has 160 valence electrons. The minimum absolute atomic E-state index is 0.0148. The number of carbonyl (C=O) groups is 2. The summed E-state index contributed by atoms with van der Waals surface area (Å²) in [6, 6.07) is 12.8. The number of hydrogen-bond donors (Lipinski definition) is 2. The number of halogens is 3. The summed E-state index contributed by atoms with van der Waals surface area (Å²) in [6.07, 6.45) is -3.70. The summed E-state index contributed by atoms with van der Waals surface area (Å²) in [7, 11) is 0. The van der Waals surface area contributed by atoms with E-state index in [2.05, 4.69) is 10.6 Å². The van der Waals surface area contributed by atoms with Gasteiger partial charge in [-0.15, -0.1) is 11.3 Å². The number of nitrogens with zero attached hydrogens (tertiary/aromatic N) is 1. The molecule has 2 heterocycles. The third-order valence-electron chi connectivity index (χ3n) is 4.97. The number of alkyl halides is 3. The van der Waals surface area contributed by atoms with Crippen LogP contribution in [0.5, 0.6) is 0 Å².